The third-order valence-corrected chi connectivity index (χ3v) is 3.36. The summed E-state index contributed by atoms with van der Waals surface area (Å²) in [6.45, 7) is 1.49. The van der Waals surface area contributed by atoms with Crippen molar-refractivity contribution in [1.82, 2.24) is 10.6 Å². The van der Waals surface area contributed by atoms with E-state index in [1.54, 1.807) is 19.2 Å². The molecule has 0 unspecified atom stereocenters. The molecule has 0 saturated heterocycles. The zero-order chi connectivity index (χ0) is 17.1. The molecule has 0 aromatic heterocycles. The number of halogens is 4. The number of hydrogen-bond acceptors (Lipinski definition) is 3. The third-order valence-electron chi connectivity index (χ3n) is 2.87. The fraction of sp³-hybridized carbons (Fsp3) is 0.533. The van der Waals surface area contributed by atoms with E-state index in [2.05, 4.69) is 36.3 Å². The maximum Gasteiger partial charge on any atom is 0.387 e. The highest BCUT2D eigenvalue weighted by molar-refractivity contribution is 14.0. The molecule has 0 amide bonds. The minimum absolute atomic E-state index is 0. The van der Waals surface area contributed by atoms with Crippen molar-refractivity contribution in [3.63, 3.8) is 0 Å². The minimum Gasteiger partial charge on any atom is -0.434 e. The van der Waals surface area contributed by atoms with Crippen molar-refractivity contribution in [2.24, 2.45) is 4.99 Å². The van der Waals surface area contributed by atoms with E-state index in [-0.39, 0.29) is 29.7 Å². The quantitative estimate of drug-likeness (QED) is 0.225. The molecule has 24 heavy (non-hydrogen) atoms. The maximum atomic E-state index is 12.4. The van der Waals surface area contributed by atoms with Gasteiger partial charge in [-0.05, 0) is 31.5 Å². The van der Waals surface area contributed by atoms with Crippen molar-refractivity contribution in [1.29, 1.82) is 0 Å². The van der Waals surface area contributed by atoms with E-state index in [1.165, 1.54) is 6.07 Å². The van der Waals surface area contributed by atoms with Gasteiger partial charge in [0.15, 0.2) is 5.96 Å². The summed E-state index contributed by atoms with van der Waals surface area (Å²) in [5.74, 6) is 0.729. The largest absolute Gasteiger partial charge is 0.434 e. The van der Waals surface area contributed by atoms with Crippen LogP contribution in [0.2, 0.25) is 0 Å². The molecule has 9 heteroatoms. The Morgan fingerprint density at radius 1 is 1.33 bits per heavy atom. The van der Waals surface area contributed by atoms with E-state index in [9.17, 15) is 8.78 Å². The molecule has 0 spiro atoms. The number of nitrogens with zero attached hydrogens (tertiary/aromatic N) is 1. The van der Waals surface area contributed by atoms with Crippen LogP contribution in [0.1, 0.15) is 18.9 Å². The summed E-state index contributed by atoms with van der Waals surface area (Å²) >= 11 is 3.32. The van der Waals surface area contributed by atoms with Crippen LogP contribution in [-0.4, -0.2) is 39.4 Å². The summed E-state index contributed by atoms with van der Waals surface area (Å²) in [5.41, 5.74) is 0.608. The number of aliphatic imine (C=N–C) groups is 1. The van der Waals surface area contributed by atoms with Crippen LogP contribution in [0.4, 0.5) is 8.78 Å². The molecular formula is C15H23BrF2IN3O2. The van der Waals surface area contributed by atoms with Gasteiger partial charge in [0.2, 0.25) is 0 Å². The van der Waals surface area contributed by atoms with Crippen LogP contribution < -0.4 is 15.4 Å². The zero-order valence-corrected chi connectivity index (χ0v) is 17.6. The van der Waals surface area contributed by atoms with Crippen molar-refractivity contribution < 1.29 is 18.3 Å². The van der Waals surface area contributed by atoms with Crippen LogP contribution in [0.5, 0.6) is 5.75 Å². The molecule has 0 radical (unpaired) electrons. The molecule has 0 saturated carbocycles. The van der Waals surface area contributed by atoms with Crippen LogP contribution >= 0.6 is 39.9 Å². The summed E-state index contributed by atoms with van der Waals surface area (Å²) < 4.78 is 35.4. The molecule has 0 aliphatic rings. The molecule has 0 bridgehead atoms. The van der Waals surface area contributed by atoms with E-state index < -0.39 is 6.61 Å². The number of hydrogen-bond donors (Lipinski definition) is 2. The Balaban J connectivity index is 0.00000529. The monoisotopic (exact) mass is 521 g/mol. The first-order valence-electron chi connectivity index (χ1n) is 7.32. The third kappa shape index (κ3) is 9.58. The zero-order valence-electron chi connectivity index (χ0n) is 13.7. The molecule has 0 aliphatic carbocycles. The lowest BCUT2D eigenvalue weighted by Gasteiger charge is -2.15. The number of rotatable bonds is 9. The number of alkyl halides is 2. The minimum atomic E-state index is -2.86. The predicted molar refractivity (Wildman–Crippen MR) is 106 cm³/mol. The highest BCUT2D eigenvalue weighted by atomic mass is 127. The van der Waals surface area contributed by atoms with Crippen molar-refractivity contribution in [3.05, 3.63) is 28.2 Å². The average molecular weight is 522 g/mol. The van der Waals surface area contributed by atoms with E-state index in [0.717, 1.165) is 10.9 Å². The van der Waals surface area contributed by atoms with Gasteiger partial charge >= 0.3 is 6.61 Å². The SMILES string of the molecule is CCOCCCNC(=NC)NCc1cc(Br)ccc1OC(F)F.I. The highest BCUT2D eigenvalue weighted by Gasteiger charge is 2.10. The van der Waals surface area contributed by atoms with Gasteiger partial charge in [-0.2, -0.15) is 8.78 Å². The Bertz CT molecular complexity index is 508. The van der Waals surface area contributed by atoms with E-state index in [4.69, 9.17) is 4.74 Å². The van der Waals surface area contributed by atoms with Gasteiger partial charge in [0, 0.05) is 43.4 Å². The van der Waals surface area contributed by atoms with Crippen molar-refractivity contribution in [3.8, 4) is 5.75 Å². The molecule has 138 valence electrons. The first kappa shape index (κ1) is 23.3. The molecule has 0 fully saturated rings. The Morgan fingerprint density at radius 2 is 2.08 bits per heavy atom. The van der Waals surface area contributed by atoms with Crippen LogP contribution in [0.3, 0.4) is 0 Å². The Hall–Kier alpha value is -0.680. The summed E-state index contributed by atoms with van der Waals surface area (Å²) in [7, 11) is 1.65. The molecule has 1 aromatic carbocycles. The van der Waals surface area contributed by atoms with Gasteiger partial charge in [0.25, 0.3) is 0 Å². The van der Waals surface area contributed by atoms with Crippen LogP contribution in [0, 0.1) is 0 Å². The number of benzene rings is 1. The summed E-state index contributed by atoms with van der Waals surface area (Å²) in [5, 5.41) is 6.20. The van der Waals surface area contributed by atoms with Gasteiger partial charge in [0.1, 0.15) is 5.75 Å². The van der Waals surface area contributed by atoms with Gasteiger partial charge in [-0.25, -0.2) is 0 Å². The topological polar surface area (TPSA) is 54.9 Å². The molecule has 5 nitrogen and oxygen atoms in total. The summed E-state index contributed by atoms with van der Waals surface area (Å²) in [4.78, 5) is 4.09. The van der Waals surface area contributed by atoms with Gasteiger partial charge in [-0.15, -0.1) is 24.0 Å². The fourth-order valence-electron chi connectivity index (χ4n) is 1.82. The molecule has 1 aromatic rings. The second-order valence-corrected chi connectivity index (χ2v) is 5.45. The van der Waals surface area contributed by atoms with E-state index in [1.807, 2.05) is 6.92 Å². The average Bonchev–Trinajstić information content (AvgIpc) is 2.52. The van der Waals surface area contributed by atoms with Crippen molar-refractivity contribution in [2.45, 2.75) is 26.5 Å². The number of nitrogens with one attached hydrogen (secondary N) is 2. The molecule has 2 N–H and O–H groups in total. The van der Waals surface area contributed by atoms with Crippen molar-refractivity contribution in [2.75, 3.05) is 26.8 Å². The van der Waals surface area contributed by atoms with Gasteiger partial charge in [0.05, 0.1) is 0 Å². The maximum absolute atomic E-state index is 12.4. The number of ether oxygens (including phenoxy) is 2. The smallest absolute Gasteiger partial charge is 0.387 e. The summed E-state index contributed by atoms with van der Waals surface area (Å²) in [6.07, 6.45) is 0.852. The first-order chi connectivity index (χ1) is 11.1. The molecule has 0 aliphatic heterocycles. The lowest BCUT2D eigenvalue weighted by atomic mass is 10.2. The highest BCUT2D eigenvalue weighted by Crippen LogP contribution is 2.24. The molecular weight excluding hydrogens is 499 g/mol. The summed E-state index contributed by atoms with van der Waals surface area (Å²) in [6, 6.07) is 4.89. The second kappa shape index (κ2) is 13.6. The predicted octanol–water partition coefficient (Wildman–Crippen LogP) is 3.76. The van der Waals surface area contributed by atoms with Crippen LogP contribution in [0.25, 0.3) is 0 Å². The molecule has 0 atom stereocenters. The fourth-order valence-corrected chi connectivity index (χ4v) is 2.23. The Morgan fingerprint density at radius 3 is 2.71 bits per heavy atom. The Labute approximate surface area is 166 Å². The normalized spacial score (nSPS) is 11.2. The lowest BCUT2D eigenvalue weighted by molar-refractivity contribution is -0.0504. The van der Waals surface area contributed by atoms with Crippen LogP contribution in [-0.2, 0) is 11.3 Å². The number of guanidine groups is 1. The van der Waals surface area contributed by atoms with Gasteiger partial charge < -0.3 is 20.1 Å². The standard InChI is InChI=1S/C15H22BrF2N3O2.HI/c1-3-22-8-4-7-20-15(19-2)21-10-11-9-12(16)5-6-13(11)23-14(17)18;/h5-6,9,14H,3-4,7-8,10H2,1-2H3,(H2,19,20,21);1H. The van der Waals surface area contributed by atoms with Crippen LogP contribution in [0.15, 0.2) is 27.7 Å². The van der Waals surface area contributed by atoms with E-state index in [0.29, 0.717) is 37.8 Å². The lowest BCUT2D eigenvalue weighted by Crippen LogP contribution is -2.37. The van der Waals surface area contributed by atoms with E-state index >= 15 is 0 Å². The van der Waals surface area contributed by atoms with Gasteiger partial charge in [-0.3, -0.25) is 4.99 Å². The van der Waals surface area contributed by atoms with Crippen molar-refractivity contribution >= 4 is 45.9 Å². The first-order valence-corrected chi connectivity index (χ1v) is 8.11. The van der Waals surface area contributed by atoms with Gasteiger partial charge in [-0.1, -0.05) is 15.9 Å². The molecule has 0 heterocycles. The Kier molecular flexibility index (Phi) is 13.2. The molecule has 1 rings (SSSR count). The second-order valence-electron chi connectivity index (χ2n) is 4.53.